The Morgan fingerprint density at radius 2 is 1.81 bits per heavy atom. The zero-order valence-electron chi connectivity index (χ0n) is 15.7. The first kappa shape index (κ1) is 18.9. The van der Waals surface area contributed by atoms with Gasteiger partial charge in [0.1, 0.15) is 0 Å². The average Bonchev–Trinajstić information content (AvgIpc) is 2.92. The van der Waals surface area contributed by atoms with Crippen molar-refractivity contribution in [2.75, 3.05) is 5.75 Å². The second-order valence-electron chi connectivity index (χ2n) is 6.55. The van der Waals surface area contributed by atoms with Crippen LogP contribution >= 0.6 is 23.1 Å². The lowest BCUT2D eigenvalue weighted by Crippen LogP contribution is -2.17. The van der Waals surface area contributed by atoms with Crippen LogP contribution in [0.15, 0.2) is 46.3 Å². The van der Waals surface area contributed by atoms with Crippen molar-refractivity contribution in [2.45, 2.75) is 45.6 Å². The molecule has 3 nitrogen and oxygen atoms in total. The maximum Gasteiger partial charge on any atom is 0.258 e. The molecule has 136 valence electrons. The van der Waals surface area contributed by atoms with Gasteiger partial charge in [0.2, 0.25) is 0 Å². The SMILES string of the molecule is CCCn1c(=NC(=O)CSc2ccc(C)cc2)sc2cc(C)c(C)cc21. The molecule has 0 radical (unpaired) electrons. The largest absolute Gasteiger partial charge is 0.316 e. The summed E-state index contributed by atoms with van der Waals surface area (Å²) in [7, 11) is 0. The smallest absolute Gasteiger partial charge is 0.258 e. The van der Waals surface area contributed by atoms with Crippen molar-refractivity contribution in [3.63, 3.8) is 0 Å². The van der Waals surface area contributed by atoms with Crippen molar-refractivity contribution >= 4 is 39.2 Å². The molecule has 2 aromatic carbocycles. The van der Waals surface area contributed by atoms with Crippen LogP contribution in [0.3, 0.4) is 0 Å². The highest BCUT2D eigenvalue weighted by atomic mass is 32.2. The van der Waals surface area contributed by atoms with Gasteiger partial charge in [-0.25, -0.2) is 0 Å². The summed E-state index contributed by atoms with van der Waals surface area (Å²) < 4.78 is 3.38. The van der Waals surface area contributed by atoms with Crippen molar-refractivity contribution in [3.05, 3.63) is 57.9 Å². The monoisotopic (exact) mass is 384 g/mol. The minimum Gasteiger partial charge on any atom is -0.316 e. The summed E-state index contributed by atoms with van der Waals surface area (Å²) in [6.45, 7) is 9.34. The van der Waals surface area contributed by atoms with Gasteiger partial charge in [0.15, 0.2) is 4.80 Å². The van der Waals surface area contributed by atoms with E-state index in [9.17, 15) is 4.79 Å². The Kier molecular flexibility index (Phi) is 5.99. The molecular weight excluding hydrogens is 360 g/mol. The van der Waals surface area contributed by atoms with Crippen LogP contribution in [0.2, 0.25) is 0 Å². The maximum absolute atomic E-state index is 12.4. The first-order chi connectivity index (χ1) is 12.5. The van der Waals surface area contributed by atoms with E-state index in [1.165, 1.54) is 38.7 Å². The number of aryl methyl sites for hydroxylation is 4. The Balaban J connectivity index is 1.88. The van der Waals surface area contributed by atoms with Gasteiger partial charge in [0.25, 0.3) is 5.91 Å². The fraction of sp³-hybridized carbons (Fsp3) is 0.333. The number of carbonyl (C=O) groups excluding carboxylic acids is 1. The van der Waals surface area contributed by atoms with Gasteiger partial charge in [-0.1, -0.05) is 36.0 Å². The van der Waals surface area contributed by atoms with E-state index in [0.717, 1.165) is 22.7 Å². The highest BCUT2D eigenvalue weighted by Crippen LogP contribution is 2.22. The predicted octanol–water partition coefficient (Wildman–Crippen LogP) is 5.26. The summed E-state index contributed by atoms with van der Waals surface area (Å²) >= 11 is 3.14. The van der Waals surface area contributed by atoms with Crippen molar-refractivity contribution in [1.29, 1.82) is 0 Å². The van der Waals surface area contributed by atoms with Crippen LogP contribution < -0.4 is 4.80 Å². The lowest BCUT2D eigenvalue weighted by atomic mass is 10.1. The highest BCUT2D eigenvalue weighted by Gasteiger charge is 2.09. The fourth-order valence-corrected chi connectivity index (χ4v) is 4.60. The van der Waals surface area contributed by atoms with Crippen LogP contribution in [-0.4, -0.2) is 16.2 Å². The van der Waals surface area contributed by atoms with Crippen LogP contribution in [0.4, 0.5) is 0 Å². The molecule has 5 heteroatoms. The molecule has 3 aromatic rings. The number of carbonyl (C=O) groups is 1. The zero-order chi connectivity index (χ0) is 18.7. The number of amides is 1. The van der Waals surface area contributed by atoms with Crippen LogP contribution in [-0.2, 0) is 11.3 Å². The van der Waals surface area contributed by atoms with Gasteiger partial charge in [-0.05, 0) is 62.6 Å². The van der Waals surface area contributed by atoms with Gasteiger partial charge in [-0.3, -0.25) is 4.79 Å². The molecule has 1 amide bonds. The summed E-state index contributed by atoms with van der Waals surface area (Å²) in [5.74, 6) is 0.280. The van der Waals surface area contributed by atoms with E-state index in [1.54, 1.807) is 11.3 Å². The predicted molar refractivity (Wildman–Crippen MR) is 112 cm³/mol. The van der Waals surface area contributed by atoms with Crippen LogP contribution in [0, 0.1) is 20.8 Å². The standard InChI is InChI=1S/C21H24N2OS2/c1-5-10-23-18-11-15(3)16(4)12-19(18)26-21(23)22-20(24)13-25-17-8-6-14(2)7-9-17/h6-9,11-12H,5,10,13H2,1-4H3. The number of thiazole rings is 1. The summed E-state index contributed by atoms with van der Waals surface area (Å²) in [4.78, 5) is 18.8. The van der Waals surface area contributed by atoms with Gasteiger partial charge in [-0.2, -0.15) is 4.99 Å². The van der Waals surface area contributed by atoms with Crippen molar-refractivity contribution < 1.29 is 4.79 Å². The normalized spacial score (nSPS) is 12.1. The van der Waals surface area contributed by atoms with E-state index >= 15 is 0 Å². The van der Waals surface area contributed by atoms with Crippen LogP contribution in [0.1, 0.15) is 30.0 Å². The minimum atomic E-state index is -0.0829. The average molecular weight is 385 g/mol. The lowest BCUT2D eigenvalue weighted by molar-refractivity contribution is -0.115. The van der Waals surface area contributed by atoms with Gasteiger partial charge in [0.05, 0.1) is 16.0 Å². The maximum atomic E-state index is 12.4. The Morgan fingerprint density at radius 3 is 2.50 bits per heavy atom. The Morgan fingerprint density at radius 1 is 1.12 bits per heavy atom. The number of benzene rings is 2. The second-order valence-corrected chi connectivity index (χ2v) is 8.61. The minimum absolute atomic E-state index is 0.0829. The molecule has 0 aliphatic carbocycles. The topological polar surface area (TPSA) is 34.4 Å². The van der Waals surface area contributed by atoms with Gasteiger partial charge < -0.3 is 4.57 Å². The molecule has 26 heavy (non-hydrogen) atoms. The third-order valence-corrected chi connectivity index (χ3v) is 6.39. The van der Waals surface area contributed by atoms with Crippen molar-refractivity contribution in [1.82, 2.24) is 4.57 Å². The number of nitrogens with zero attached hydrogens (tertiary/aromatic N) is 2. The van der Waals surface area contributed by atoms with E-state index in [-0.39, 0.29) is 5.91 Å². The fourth-order valence-electron chi connectivity index (χ4n) is 2.77. The summed E-state index contributed by atoms with van der Waals surface area (Å²) in [6.07, 6.45) is 1.01. The van der Waals surface area contributed by atoms with E-state index in [1.807, 2.05) is 0 Å². The zero-order valence-corrected chi connectivity index (χ0v) is 17.3. The number of fused-ring (bicyclic) bond motifs is 1. The van der Waals surface area contributed by atoms with Gasteiger partial charge >= 0.3 is 0 Å². The number of rotatable bonds is 5. The molecule has 0 aliphatic heterocycles. The van der Waals surface area contributed by atoms with Crippen LogP contribution in [0.5, 0.6) is 0 Å². The number of hydrogen-bond acceptors (Lipinski definition) is 3. The molecule has 0 unspecified atom stereocenters. The molecule has 3 rings (SSSR count). The molecule has 0 N–H and O–H groups in total. The Hall–Kier alpha value is -1.85. The van der Waals surface area contributed by atoms with Crippen molar-refractivity contribution in [3.8, 4) is 0 Å². The summed E-state index contributed by atoms with van der Waals surface area (Å²) in [6, 6.07) is 12.6. The Bertz CT molecular complexity index is 997. The van der Waals surface area contributed by atoms with E-state index in [0.29, 0.717) is 5.75 Å². The first-order valence-electron chi connectivity index (χ1n) is 8.85. The van der Waals surface area contributed by atoms with Crippen molar-refractivity contribution in [2.24, 2.45) is 4.99 Å². The number of hydrogen-bond donors (Lipinski definition) is 0. The molecule has 1 heterocycles. The third-order valence-electron chi connectivity index (χ3n) is 4.35. The molecule has 0 fully saturated rings. The molecule has 1 aromatic heterocycles. The van der Waals surface area contributed by atoms with Gasteiger partial charge in [0, 0.05) is 11.4 Å². The third kappa shape index (κ3) is 4.27. The van der Waals surface area contributed by atoms with Crippen LogP contribution in [0.25, 0.3) is 10.2 Å². The second kappa shape index (κ2) is 8.23. The molecule has 0 aliphatic rings. The molecular formula is C21H24N2OS2. The number of thioether (sulfide) groups is 1. The lowest BCUT2D eigenvalue weighted by Gasteiger charge is -2.05. The van der Waals surface area contributed by atoms with Gasteiger partial charge in [-0.15, -0.1) is 11.8 Å². The number of aromatic nitrogens is 1. The van der Waals surface area contributed by atoms with E-state index < -0.39 is 0 Å². The molecule has 0 atom stereocenters. The molecule has 0 saturated carbocycles. The summed E-state index contributed by atoms with van der Waals surface area (Å²) in [5.41, 5.74) is 4.95. The van der Waals surface area contributed by atoms with E-state index in [2.05, 4.69) is 73.7 Å². The summed E-state index contributed by atoms with van der Waals surface area (Å²) in [5, 5.41) is 0. The van der Waals surface area contributed by atoms with E-state index in [4.69, 9.17) is 0 Å². The molecule has 0 saturated heterocycles. The molecule has 0 spiro atoms. The quantitative estimate of drug-likeness (QED) is 0.563. The first-order valence-corrected chi connectivity index (χ1v) is 10.7. The molecule has 0 bridgehead atoms. The Labute approximate surface area is 162 Å². The highest BCUT2D eigenvalue weighted by molar-refractivity contribution is 8.00.